The van der Waals surface area contributed by atoms with E-state index in [1.54, 1.807) is 22.0 Å². The number of nitrogens with one attached hydrogen (secondary N) is 4. The number of aromatic nitrogens is 8. The molecule has 0 amide bonds. The van der Waals surface area contributed by atoms with Crippen LogP contribution in [0, 0.1) is 0 Å². The minimum Gasteiger partial charge on any atom is -0.363 e. The van der Waals surface area contributed by atoms with Crippen molar-refractivity contribution in [2.45, 2.75) is 70.9 Å². The molecule has 0 atom stereocenters. The first-order valence-corrected chi connectivity index (χ1v) is 12.0. The molecule has 2 aromatic rings. The average molecular weight is 497 g/mol. The van der Waals surface area contributed by atoms with Gasteiger partial charge in [0.05, 0.1) is 11.1 Å². The van der Waals surface area contributed by atoms with E-state index in [1.807, 2.05) is 0 Å². The van der Waals surface area contributed by atoms with Crippen molar-refractivity contribution < 1.29 is 0 Å². The van der Waals surface area contributed by atoms with Gasteiger partial charge in [-0.05, 0) is 105 Å². The largest absolute Gasteiger partial charge is 0.363 e. The molecule has 0 aromatic carbocycles. The van der Waals surface area contributed by atoms with Crippen LogP contribution in [-0.2, 0) is 11.1 Å². The Morgan fingerprint density at radius 1 is 0.667 bits per heavy atom. The van der Waals surface area contributed by atoms with E-state index in [-0.39, 0.29) is 11.1 Å². The van der Waals surface area contributed by atoms with Gasteiger partial charge in [-0.1, -0.05) is 0 Å². The summed E-state index contributed by atoms with van der Waals surface area (Å²) in [7, 11) is 0. The van der Waals surface area contributed by atoms with Crippen LogP contribution >= 0.6 is 24.4 Å². The molecule has 0 bridgehead atoms. The van der Waals surface area contributed by atoms with Crippen molar-refractivity contribution in [3.63, 3.8) is 0 Å². The topological polar surface area (TPSA) is 135 Å². The third kappa shape index (κ3) is 9.90. The van der Waals surface area contributed by atoms with Crippen LogP contribution in [0.1, 0.15) is 59.8 Å². The first kappa shape index (κ1) is 26.8. The van der Waals surface area contributed by atoms with Gasteiger partial charge in [-0.15, -0.1) is 10.2 Å². The highest BCUT2D eigenvalue weighted by atomic mass is 32.1. The van der Waals surface area contributed by atoms with E-state index < -0.39 is 0 Å². The van der Waals surface area contributed by atoms with Crippen LogP contribution in [-0.4, -0.2) is 76.8 Å². The third-order valence-electron chi connectivity index (χ3n) is 5.36. The van der Waals surface area contributed by atoms with Crippen LogP contribution in [0.3, 0.4) is 0 Å². The molecule has 0 unspecified atom stereocenters. The number of hydrogen-bond acceptors (Lipinski definition) is 8. The highest BCUT2D eigenvalue weighted by Crippen LogP contribution is 2.19. The highest BCUT2D eigenvalue weighted by Gasteiger charge is 2.21. The summed E-state index contributed by atoms with van der Waals surface area (Å²) < 4.78 is 3.57. The van der Waals surface area contributed by atoms with E-state index >= 15 is 0 Å². The van der Waals surface area contributed by atoms with E-state index in [0.29, 0.717) is 10.2 Å². The minimum atomic E-state index is -0.122. The number of hydrogen-bond donors (Lipinski definition) is 4. The summed E-state index contributed by atoms with van der Waals surface area (Å²) in [6.45, 7) is 11.6. The van der Waals surface area contributed by atoms with Crippen LogP contribution in [0.2, 0.25) is 0 Å². The predicted molar refractivity (Wildman–Crippen MR) is 135 cm³/mol. The molecule has 12 nitrogen and oxygen atoms in total. The summed E-state index contributed by atoms with van der Waals surface area (Å²) in [6.07, 6.45) is 8.01. The van der Waals surface area contributed by atoms with Crippen molar-refractivity contribution in [1.82, 2.24) is 61.7 Å². The van der Waals surface area contributed by atoms with E-state index in [1.165, 1.54) is 0 Å². The third-order valence-corrected chi connectivity index (χ3v) is 5.94. The van der Waals surface area contributed by atoms with Crippen molar-refractivity contribution >= 4 is 34.7 Å². The van der Waals surface area contributed by atoms with Gasteiger partial charge in [0.1, 0.15) is 12.7 Å². The fourth-order valence-corrected chi connectivity index (χ4v) is 3.58. The number of rotatable bonds is 14. The van der Waals surface area contributed by atoms with E-state index in [4.69, 9.17) is 24.4 Å². The first-order chi connectivity index (χ1) is 15.7. The zero-order chi connectivity index (χ0) is 24.2. The lowest BCUT2D eigenvalue weighted by Crippen LogP contribution is -2.40. The standard InChI is InChI=1S/C19H36N12S2/c1-18(2,30-14-24-26-28-30)8-5-10-20-16(32)22-12-7-13-23-17(33)21-11-6-9-19(3,4)31-15-25-27-29-31/h14-15H,5-13H2,1-4H3,(H2,20,22,32)(H2,21,23,33). The van der Waals surface area contributed by atoms with Crippen molar-refractivity contribution in [2.75, 3.05) is 26.2 Å². The molecule has 0 aliphatic heterocycles. The quantitative estimate of drug-likeness (QED) is 0.217. The average Bonchev–Trinajstić information content (AvgIpc) is 3.49. The molecular weight excluding hydrogens is 460 g/mol. The Balaban J connectivity index is 1.44. The molecule has 4 N–H and O–H groups in total. The summed E-state index contributed by atoms with van der Waals surface area (Å²) in [5, 5.41) is 37.0. The van der Waals surface area contributed by atoms with Crippen molar-refractivity contribution in [1.29, 1.82) is 0 Å². The zero-order valence-corrected chi connectivity index (χ0v) is 21.5. The van der Waals surface area contributed by atoms with Crippen LogP contribution in [0.5, 0.6) is 0 Å². The Kier molecular flexibility index (Phi) is 10.8. The van der Waals surface area contributed by atoms with Gasteiger partial charge in [-0.3, -0.25) is 0 Å². The molecule has 0 spiro atoms. The SMILES string of the molecule is CC(C)(CCCNC(=S)NCCCNC(=S)NCCCC(C)(C)n1cnnn1)n1cnnn1. The van der Waals surface area contributed by atoms with Gasteiger partial charge in [0, 0.05) is 26.2 Å². The Hall–Kier alpha value is -2.48. The molecule has 33 heavy (non-hydrogen) atoms. The molecule has 2 aromatic heterocycles. The van der Waals surface area contributed by atoms with Crippen LogP contribution in [0.4, 0.5) is 0 Å². The highest BCUT2D eigenvalue weighted by molar-refractivity contribution is 7.80. The van der Waals surface area contributed by atoms with E-state index in [9.17, 15) is 0 Å². The summed E-state index contributed by atoms with van der Waals surface area (Å²) in [4.78, 5) is 0. The Morgan fingerprint density at radius 2 is 1.03 bits per heavy atom. The Labute approximate surface area is 206 Å². The van der Waals surface area contributed by atoms with Gasteiger partial charge in [-0.2, -0.15) is 0 Å². The van der Waals surface area contributed by atoms with Gasteiger partial charge in [0.25, 0.3) is 0 Å². The number of thiocarbonyl (C=S) groups is 2. The molecule has 2 heterocycles. The lowest BCUT2D eigenvalue weighted by molar-refractivity contribution is 0.282. The molecule has 14 heteroatoms. The van der Waals surface area contributed by atoms with E-state index in [2.05, 4.69) is 80.0 Å². The molecule has 0 radical (unpaired) electrons. The second kappa shape index (κ2) is 13.3. The van der Waals surface area contributed by atoms with Gasteiger partial charge < -0.3 is 21.3 Å². The van der Waals surface area contributed by atoms with Gasteiger partial charge in [0.15, 0.2) is 10.2 Å². The number of tetrazole rings is 2. The predicted octanol–water partition coefficient (Wildman–Crippen LogP) is 0.709. The molecule has 0 aliphatic carbocycles. The molecule has 0 saturated heterocycles. The van der Waals surface area contributed by atoms with Crippen LogP contribution < -0.4 is 21.3 Å². The first-order valence-electron chi connectivity index (χ1n) is 11.2. The van der Waals surface area contributed by atoms with Crippen LogP contribution in [0.15, 0.2) is 12.7 Å². The smallest absolute Gasteiger partial charge is 0.166 e. The second-order valence-corrected chi connectivity index (χ2v) is 9.88. The monoisotopic (exact) mass is 496 g/mol. The fraction of sp³-hybridized carbons (Fsp3) is 0.789. The number of nitrogens with zero attached hydrogens (tertiary/aromatic N) is 8. The van der Waals surface area contributed by atoms with Crippen molar-refractivity contribution in [3.8, 4) is 0 Å². The molecule has 0 saturated carbocycles. The maximum atomic E-state index is 5.34. The lowest BCUT2D eigenvalue weighted by atomic mass is 9.99. The van der Waals surface area contributed by atoms with Crippen LogP contribution in [0.25, 0.3) is 0 Å². The molecule has 0 aliphatic rings. The summed E-state index contributed by atoms with van der Waals surface area (Å²) in [5.41, 5.74) is -0.243. The molecular formula is C19H36N12S2. The summed E-state index contributed by atoms with van der Waals surface area (Å²) in [5.74, 6) is 0. The summed E-state index contributed by atoms with van der Waals surface area (Å²) >= 11 is 10.7. The van der Waals surface area contributed by atoms with Gasteiger partial charge in [0.2, 0.25) is 0 Å². The van der Waals surface area contributed by atoms with Crippen molar-refractivity contribution in [2.24, 2.45) is 0 Å². The molecule has 0 fully saturated rings. The minimum absolute atomic E-state index is 0.122. The fourth-order valence-electron chi connectivity index (χ4n) is 3.17. The zero-order valence-electron chi connectivity index (χ0n) is 19.9. The molecule has 184 valence electrons. The summed E-state index contributed by atoms with van der Waals surface area (Å²) in [6, 6.07) is 0. The van der Waals surface area contributed by atoms with Crippen molar-refractivity contribution in [3.05, 3.63) is 12.7 Å². The van der Waals surface area contributed by atoms with Gasteiger partial charge in [-0.25, -0.2) is 9.36 Å². The maximum Gasteiger partial charge on any atom is 0.166 e. The molecule has 2 rings (SSSR count). The normalized spacial score (nSPS) is 11.8. The lowest BCUT2D eigenvalue weighted by Gasteiger charge is -2.24. The Morgan fingerprint density at radius 3 is 1.36 bits per heavy atom. The van der Waals surface area contributed by atoms with Gasteiger partial charge >= 0.3 is 0 Å². The van der Waals surface area contributed by atoms with E-state index in [0.717, 1.165) is 58.3 Å². The second-order valence-electron chi connectivity index (χ2n) is 9.06. The maximum absolute atomic E-state index is 5.34. The Bertz CT molecular complexity index is 752.